The molecule has 0 saturated carbocycles. The van der Waals surface area contributed by atoms with Crippen molar-refractivity contribution in [3.8, 4) is 73.9 Å². The van der Waals surface area contributed by atoms with Crippen molar-refractivity contribution in [2.75, 3.05) is 0 Å². The van der Waals surface area contributed by atoms with Gasteiger partial charge < -0.3 is 18.0 Å². The third-order valence-corrected chi connectivity index (χ3v) is 15.4. The molecule has 0 aliphatic rings. The number of hydrogen-bond acceptors (Lipinski definition) is 6. The summed E-state index contributed by atoms with van der Waals surface area (Å²) in [5.74, 6) is 1.58. The number of nitrogens with zero attached hydrogens (tertiary/aromatic N) is 6. The maximum atomic E-state index is 12.1. The summed E-state index contributed by atoms with van der Waals surface area (Å²) >= 11 is 0. The molecule has 16 rings (SSSR count). The van der Waals surface area contributed by atoms with Gasteiger partial charge in [0.1, 0.15) is 17.2 Å². The molecule has 362 valence electrons. The molecule has 0 bridgehead atoms. The molecule has 5 heterocycles. The quantitative estimate of drug-likeness (QED) is 0.158. The number of nitriles is 1. The molecule has 0 amide bonds. The minimum Gasteiger partial charge on any atom is -0.454 e. The van der Waals surface area contributed by atoms with Crippen LogP contribution >= 0.6 is 0 Å². The molecule has 0 N–H and O–H groups in total. The fourth-order valence-electron chi connectivity index (χ4n) is 12.1. The van der Waals surface area contributed by atoms with Crippen molar-refractivity contribution in [1.82, 2.24) is 24.1 Å². The van der Waals surface area contributed by atoms with Crippen LogP contribution in [0.5, 0.6) is 0 Å². The highest BCUT2D eigenvalue weighted by molar-refractivity contribution is 6.24. The van der Waals surface area contributed by atoms with Crippen molar-refractivity contribution in [3.05, 3.63) is 248 Å². The first-order chi connectivity index (χ1) is 38.7. The van der Waals surface area contributed by atoms with Gasteiger partial charge in [0.05, 0.1) is 39.0 Å². The van der Waals surface area contributed by atoms with Crippen LogP contribution in [0.4, 0.5) is 0 Å². The lowest BCUT2D eigenvalue weighted by Crippen LogP contribution is -2.09. The highest BCUT2D eigenvalue weighted by Crippen LogP contribution is 2.51. The Bertz CT molecular complexity index is 5100. The molecule has 0 spiro atoms. The summed E-state index contributed by atoms with van der Waals surface area (Å²) in [5, 5.41) is 20.3. The van der Waals surface area contributed by atoms with Crippen LogP contribution in [0.2, 0.25) is 0 Å². The van der Waals surface area contributed by atoms with Crippen LogP contribution in [0.1, 0.15) is 5.56 Å². The molecule has 16 aromatic rings. The molecule has 8 nitrogen and oxygen atoms in total. The van der Waals surface area contributed by atoms with Crippen molar-refractivity contribution < 1.29 is 8.83 Å². The lowest BCUT2D eigenvalue weighted by atomic mass is 9.88. The van der Waals surface area contributed by atoms with E-state index in [2.05, 4.69) is 155 Å². The van der Waals surface area contributed by atoms with Gasteiger partial charge in [-0.2, -0.15) is 5.26 Å². The third-order valence-electron chi connectivity index (χ3n) is 15.4. The molecule has 0 radical (unpaired) electrons. The van der Waals surface area contributed by atoms with E-state index >= 15 is 0 Å². The molecule has 0 unspecified atom stereocenters. The molecule has 0 fully saturated rings. The molecular formula is C70H40N6O2. The number of fused-ring (bicyclic) bond motifs is 14. The second-order valence-electron chi connectivity index (χ2n) is 19.7. The van der Waals surface area contributed by atoms with Crippen LogP contribution in [-0.4, -0.2) is 24.1 Å². The van der Waals surface area contributed by atoms with Crippen LogP contribution in [0.15, 0.2) is 251 Å². The predicted octanol–water partition coefficient (Wildman–Crippen LogP) is 18.1. The van der Waals surface area contributed by atoms with E-state index in [9.17, 15) is 5.26 Å². The number of para-hydroxylation sites is 4. The Hall–Kier alpha value is -10.9. The minimum absolute atomic E-state index is 0.457. The van der Waals surface area contributed by atoms with E-state index in [1.54, 1.807) is 0 Å². The summed E-state index contributed by atoms with van der Waals surface area (Å²) in [6, 6.07) is 86.0. The summed E-state index contributed by atoms with van der Waals surface area (Å²) in [5.41, 5.74) is 14.6. The van der Waals surface area contributed by atoms with Gasteiger partial charge in [0.2, 0.25) is 0 Å². The van der Waals surface area contributed by atoms with E-state index in [1.165, 1.54) is 0 Å². The van der Waals surface area contributed by atoms with Crippen molar-refractivity contribution >= 4 is 87.5 Å². The van der Waals surface area contributed by atoms with Gasteiger partial charge in [-0.15, -0.1) is 0 Å². The number of furan rings is 2. The first-order valence-corrected chi connectivity index (χ1v) is 26.0. The first kappa shape index (κ1) is 43.5. The van der Waals surface area contributed by atoms with E-state index in [0.717, 1.165) is 132 Å². The Morgan fingerprint density at radius 2 is 0.744 bits per heavy atom. The van der Waals surface area contributed by atoms with E-state index in [4.69, 9.17) is 23.8 Å². The van der Waals surface area contributed by atoms with Crippen LogP contribution in [-0.2, 0) is 0 Å². The normalized spacial score (nSPS) is 11.8. The fraction of sp³-hybridized carbons (Fsp3) is 0. The fourth-order valence-corrected chi connectivity index (χ4v) is 12.1. The lowest BCUT2D eigenvalue weighted by molar-refractivity contribution is 0.671. The van der Waals surface area contributed by atoms with Crippen LogP contribution in [0.25, 0.3) is 155 Å². The Kier molecular flexibility index (Phi) is 9.53. The summed E-state index contributed by atoms with van der Waals surface area (Å²) in [6.45, 7) is 0. The minimum atomic E-state index is 0.457. The van der Waals surface area contributed by atoms with E-state index in [-0.39, 0.29) is 0 Å². The van der Waals surface area contributed by atoms with E-state index in [1.807, 2.05) is 103 Å². The molecule has 11 aromatic carbocycles. The Labute approximate surface area is 445 Å². The van der Waals surface area contributed by atoms with E-state index < -0.39 is 0 Å². The van der Waals surface area contributed by atoms with E-state index in [0.29, 0.717) is 28.7 Å². The van der Waals surface area contributed by atoms with Crippen molar-refractivity contribution in [2.24, 2.45) is 0 Å². The molecule has 0 saturated heterocycles. The Morgan fingerprint density at radius 1 is 0.333 bits per heavy atom. The topological polar surface area (TPSA) is 98.6 Å². The number of aromatic nitrogens is 5. The van der Waals surface area contributed by atoms with Crippen molar-refractivity contribution in [1.29, 1.82) is 5.26 Å². The highest BCUT2D eigenvalue weighted by atomic mass is 16.3. The van der Waals surface area contributed by atoms with Gasteiger partial charge in [0.25, 0.3) is 0 Å². The Morgan fingerprint density at radius 3 is 1.27 bits per heavy atom. The van der Waals surface area contributed by atoms with Gasteiger partial charge in [-0.1, -0.05) is 200 Å². The highest BCUT2D eigenvalue weighted by Gasteiger charge is 2.31. The maximum Gasteiger partial charge on any atom is 0.164 e. The summed E-state index contributed by atoms with van der Waals surface area (Å²) in [4.78, 5) is 15.7. The largest absolute Gasteiger partial charge is 0.454 e. The van der Waals surface area contributed by atoms with Gasteiger partial charge >= 0.3 is 0 Å². The zero-order valence-electron chi connectivity index (χ0n) is 41.6. The number of hydrogen-bond donors (Lipinski definition) is 0. The summed E-state index contributed by atoms with van der Waals surface area (Å²) in [7, 11) is 0. The molecule has 8 heteroatoms. The smallest absolute Gasteiger partial charge is 0.164 e. The first-order valence-electron chi connectivity index (χ1n) is 26.0. The molecule has 78 heavy (non-hydrogen) atoms. The zero-order valence-corrected chi connectivity index (χ0v) is 41.6. The van der Waals surface area contributed by atoms with Crippen LogP contribution in [0.3, 0.4) is 0 Å². The van der Waals surface area contributed by atoms with Crippen LogP contribution in [0, 0.1) is 11.3 Å². The van der Waals surface area contributed by atoms with Gasteiger partial charge in [0, 0.05) is 70.9 Å². The number of benzene rings is 11. The summed E-state index contributed by atoms with van der Waals surface area (Å²) in [6.07, 6.45) is 0. The van der Waals surface area contributed by atoms with Crippen molar-refractivity contribution in [2.45, 2.75) is 0 Å². The predicted molar refractivity (Wildman–Crippen MR) is 315 cm³/mol. The molecule has 5 aromatic heterocycles. The van der Waals surface area contributed by atoms with Gasteiger partial charge in [0.15, 0.2) is 28.6 Å². The summed E-state index contributed by atoms with van der Waals surface area (Å²) < 4.78 is 18.7. The van der Waals surface area contributed by atoms with Gasteiger partial charge in [-0.25, -0.2) is 15.0 Å². The average Bonchev–Trinajstić information content (AvgIpc) is 4.46. The Balaban J connectivity index is 1.13. The molecule has 0 aliphatic heterocycles. The maximum absolute atomic E-state index is 12.1. The zero-order chi connectivity index (χ0) is 51.4. The standard InChI is InChI=1S/C70H40N6O2/c71-41-45-40-56(46-26-10-11-31-55(46)70-73-68(43-22-6-2-7-23-43)72-69(74-70)44-24-8-3-9-25-44)63(76-58-33-17-13-28-48(58)52-37-39-54-50-30-15-19-35-60(50)78-67(54)65(52)76)61(42-20-4-1-5-21-42)62(45)75-57-32-16-12-27-47(57)51-36-38-53-49-29-14-18-34-59(49)77-66(53)64(51)75/h1-40H. The second-order valence-corrected chi connectivity index (χ2v) is 19.7. The lowest BCUT2D eigenvalue weighted by Gasteiger charge is -2.25. The van der Waals surface area contributed by atoms with Gasteiger partial charge in [-0.3, -0.25) is 0 Å². The third kappa shape index (κ3) is 6.43. The average molecular weight is 997 g/mol. The van der Waals surface area contributed by atoms with Crippen molar-refractivity contribution in [3.63, 3.8) is 0 Å². The molecular weight excluding hydrogens is 957 g/mol. The SMILES string of the molecule is N#Cc1cc(-c2ccccc2-c2nc(-c3ccccc3)nc(-c3ccccc3)n2)c(-n2c3ccccc3c3ccc4c5ccccc5oc4c32)c(-c2ccccc2)c1-n1c2ccccc2c2ccc3c4ccccc4oc3c21. The molecule has 0 aliphatic carbocycles. The van der Waals surface area contributed by atoms with Crippen LogP contribution < -0.4 is 0 Å². The van der Waals surface area contributed by atoms with Gasteiger partial charge in [-0.05, 0) is 53.6 Å². The second kappa shape index (κ2) is 17.1. The molecule has 0 atom stereocenters. The monoisotopic (exact) mass is 996 g/mol. The number of rotatable bonds is 7.